The predicted octanol–water partition coefficient (Wildman–Crippen LogP) is 0.879. The third kappa shape index (κ3) is 3.60. The minimum atomic E-state index is -0.152. The maximum atomic E-state index is 11.6. The molecule has 1 N–H and O–H groups in total. The van der Waals surface area contributed by atoms with Crippen LogP contribution in [0.3, 0.4) is 0 Å². The molecule has 102 valence electrons. The van der Waals surface area contributed by atoms with Gasteiger partial charge in [-0.3, -0.25) is 4.57 Å². The second-order valence-corrected chi connectivity index (χ2v) is 5.24. The predicted molar refractivity (Wildman–Crippen MR) is 69.0 cm³/mol. The van der Waals surface area contributed by atoms with Gasteiger partial charge < -0.3 is 9.47 Å². The zero-order valence-corrected chi connectivity index (χ0v) is 11.4. The minimum absolute atomic E-state index is 0.152. The van der Waals surface area contributed by atoms with Crippen LogP contribution in [-0.4, -0.2) is 46.9 Å². The molecule has 0 radical (unpaired) electrons. The van der Waals surface area contributed by atoms with E-state index in [2.05, 4.69) is 10.2 Å². The van der Waals surface area contributed by atoms with Crippen LogP contribution in [0.5, 0.6) is 0 Å². The van der Waals surface area contributed by atoms with E-state index < -0.39 is 0 Å². The summed E-state index contributed by atoms with van der Waals surface area (Å²) in [5.74, 6) is 0.856. The van der Waals surface area contributed by atoms with Gasteiger partial charge in [0.1, 0.15) is 0 Å². The quantitative estimate of drug-likeness (QED) is 0.590. The Labute approximate surface area is 110 Å². The number of methoxy groups -OCH3 is 1. The van der Waals surface area contributed by atoms with E-state index in [1.54, 1.807) is 23.4 Å². The van der Waals surface area contributed by atoms with Crippen LogP contribution in [0.2, 0.25) is 0 Å². The molecule has 6 nitrogen and oxygen atoms in total. The largest absolute Gasteiger partial charge is 0.385 e. The van der Waals surface area contributed by atoms with Crippen molar-refractivity contribution in [1.29, 1.82) is 0 Å². The highest BCUT2D eigenvalue weighted by atomic mass is 32.2. The Bertz CT molecular complexity index is 412. The molecule has 0 aromatic carbocycles. The maximum Gasteiger partial charge on any atom is 0.343 e. The highest BCUT2D eigenvalue weighted by molar-refractivity contribution is 7.99. The summed E-state index contributed by atoms with van der Waals surface area (Å²) in [5.41, 5.74) is -0.152. The standard InChI is InChI=1S/C11H19N3O3S/c1-16-6-3-5-14-10(15)12-13-11(14)18-8-9-4-2-7-17-9/h9H,2-8H2,1H3,(H,12,15). The number of ether oxygens (including phenoxy) is 2. The number of hydrogen-bond acceptors (Lipinski definition) is 5. The average molecular weight is 273 g/mol. The topological polar surface area (TPSA) is 69.1 Å². The lowest BCUT2D eigenvalue weighted by Crippen LogP contribution is -2.19. The maximum absolute atomic E-state index is 11.6. The van der Waals surface area contributed by atoms with Gasteiger partial charge >= 0.3 is 5.69 Å². The molecule has 1 aromatic rings. The molecular weight excluding hydrogens is 254 g/mol. The molecule has 18 heavy (non-hydrogen) atoms. The zero-order chi connectivity index (χ0) is 12.8. The summed E-state index contributed by atoms with van der Waals surface area (Å²) in [5, 5.41) is 7.28. The van der Waals surface area contributed by atoms with Gasteiger partial charge in [0.2, 0.25) is 0 Å². The molecule has 7 heteroatoms. The highest BCUT2D eigenvalue weighted by Gasteiger charge is 2.17. The molecule has 2 rings (SSSR count). The molecule has 0 aliphatic carbocycles. The van der Waals surface area contributed by atoms with Gasteiger partial charge in [-0.25, -0.2) is 9.89 Å². The van der Waals surface area contributed by atoms with E-state index in [1.807, 2.05) is 0 Å². The van der Waals surface area contributed by atoms with Crippen molar-refractivity contribution >= 4 is 11.8 Å². The second-order valence-electron chi connectivity index (χ2n) is 4.26. The van der Waals surface area contributed by atoms with Crippen LogP contribution >= 0.6 is 11.8 Å². The monoisotopic (exact) mass is 273 g/mol. The van der Waals surface area contributed by atoms with Gasteiger partial charge in [-0.05, 0) is 19.3 Å². The Kier molecular flexibility index (Phi) is 5.27. The lowest BCUT2D eigenvalue weighted by atomic mass is 10.3. The first-order valence-corrected chi connectivity index (χ1v) is 7.18. The zero-order valence-electron chi connectivity index (χ0n) is 10.6. The number of aromatic nitrogens is 3. The van der Waals surface area contributed by atoms with Crippen molar-refractivity contribution < 1.29 is 9.47 Å². The summed E-state index contributed by atoms with van der Waals surface area (Å²) < 4.78 is 12.2. The molecule has 1 unspecified atom stereocenters. The van der Waals surface area contributed by atoms with Crippen LogP contribution in [0.15, 0.2) is 9.95 Å². The Morgan fingerprint density at radius 2 is 2.56 bits per heavy atom. The van der Waals surface area contributed by atoms with E-state index in [0.717, 1.165) is 36.8 Å². The SMILES string of the molecule is COCCCn1c(SCC2CCCO2)n[nH]c1=O. The van der Waals surface area contributed by atoms with Crippen LogP contribution in [0, 0.1) is 0 Å². The van der Waals surface area contributed by atoms with Crippen molar-refractivity contribution in [2.45, 2.75) is 37.1 Å². The lowest BCUT2D eigenvalue weighted by Gasteiger charge is -2.09. The Hall–Kier alpha value is -0.790. The molecule has 0 bridgehead atoms. The van der Waals surface area contributed by atoms with Gasteiger partial charge in [0.15, 0.2) is 5.16 Å². The Balaban J connectivity index is 1.88. The molecule has 1 aliphatic rings. The molecule has 1 fully saturated rings. The average Bonchev–Trinajstić information content (AvgIpc) is 2.99. The van der Waals surface area contributed by atoms with E-state index in [-0.39, 0.29) is 5.69 Å². The van der Waals surface area contributed by atoms with Gasteiger partial charge in [-0.2, -0.15) is 0 Å². The summed E-state index contributed by atoms with van der Waals surface area (Å²) >= 11 is 1.58. The summed E-state index contributed by atoms with van der Waals surface area (Å²) in [6.07, 6.45) is 3.34. The number of thioether (sulfide) groups is 1. The fourth-order valence-corrected chi connectivity index (χ4v) is 2.96. The van der Waals surface area contributed by atoms with Crippen molar-refractivity contribution in [2.24, 2.45) is 0 Å². The van der Waals surface area contributed by atoms with Crippen molar-refractivity contribution in [1.82, 2.24) is 14.8 Å². The number of hydrogen-bond donors (Lipinski definition) is 1. The van der Waals surface area contributed by atoms with Gasteiger partial charge in [0.05, 0.1) is 6.10 Å². The van der Waals surface area contributed by atoms with Crippen LogP contribution in [-0.2, 0) is 16.0 Å². The number of rotatable bonds is 7. The number of nitrogens with zero attached hydrogens (tertiary/aromatic N) is 2. The molecule has 1 aromatic heterocycles. The summed E-state index contributed by atoms with van der Waals surface area (Å²) in [6, 6.07) is 0. The van der Waals surface area contributed by atoms with E-state index in [4.69, 9.17) is 9.47 Å². The molecule has 0 saturated carbocycles. The fraction of sp³-hybridized carbons (Fsp3) is 0.818. The van der Waals surface area contributed by atoms with E-state index in [0.29, 0.717) is 19.3 Å². The van der Waals surface area contributed by atoms with Gasteiger partial charge in [0.25, 0.3) is 0 Å². The third-order valence-corrected chi connectivity index (χ3v) is 3.98. The summed E-state index contributed by atoms with van der Waals surface area (Å²) in [6.45, 7) is 2.14. The van der Waals surface area contributed by atoms with Gasteiger partial charge in [0, 0.05) is 32.6 Å². The van der Waals surface area contributed by atoms with Crippen molar-refractivity contribution in [3.63, 3.8) is 0 Å². The number of aromatic amines is 1. The molecule has 1 atom stereocenters. The van der Waals surface area contributed by atoms with E-state index >= 15 is 0 Å². The van der Waals surface area contributed by atoms with Crippen molar-refractivity contribution in [2.75, 3.05) is 26.1 Å². The van der Waals surface area contributed by atoms with Crippen LogP contribution in [0.1, 0.15) is 19.3 Å². The van der Waals surface area contributed by atoms with Crippen molar-refractivity contribution in [3.05, 3.63) is 10.5 Å². The fourth-order valence-electron chi connectivity index (χ4n) is 1.92. The second kappa shape index (κ2) is 6.96. The molecule has 0 spiro atoms. The first kappa shape index (κ1) is 13.6. The summed E-state index contributed by atoms with van der Waals surface area (Å²) in [4.78, 5) is 11.6. The molecule has 2 heterocycles. The number of H-pyrrole nitrogens is 1. The first-order chi connectivity index (χ1) is 8.81. The Morgan fingerprint density at radius 3 is 3.28 bits per heavy atom. The minimum Gasteiger partial charge on any atom is -0.385 e. The normalized spacial score (nSPS) is 19.5. The Morgan fingerprint density at radius 1 is 1.67 bits per heavy atom. The van der Waals surface area contributed by atoms with Crippen LogP contribution in [0.4, 0.5) is 0 Å². The summed E-state index contributed by atoms with van der Waals surface area (Å²) in [7, 11) is 1.66. The first-order valence-electron chi connectivity index (χ1n) is 6.20. The molecule has 1 saturated heterocycles. The van der Waals surface area contributed by atoms with E-state index in [1.165, 1.54) is 0 Å². The van der Waals surface area contributed by atoms with E-state index in [9.17, 15) is 4.79 Å². The van der Waals surface area contributed by atoms with Crippen molar-refractivity contribution in [3.8, 4) is 0 Å². The molecule has 0 amide bonds. The lowest BCUT2D eigenvalue weighted by molar-refractivity contribution is 0.129. The molecule has 1 aliphatic heterocycles. The number of nitrogens with one attached hydrogen (secondary N) is 1. The molecular formula is C11H19N3O3S. The van der Waals surface area contributed by atoms with Crippen LogP contribution < -0.4 is 5.69 Å². The smallest absolute Gasteiger partial charge is 0.343 e. The van der Waals surface area contributed by atoms with Gasteiger partial charge in [-0.15, -0.1) is 5.10 Å². The highest BCUT2D eigenvalue weighted by Crippen LogP contribution is 2.21. The van der Waals surface area contributed by atoms with Crippen LogP contribution in [0.25, 0.3) is 0 Å². The third-order valence-electron chi connectivity index (χ3n) is 2.88. The van der Waals surface area contributed by atoms with Gasteiger partial charge in [-0.1, -0.05) is 11.8 Å².